The van der Waals surface area contributed by atoms with Crippen molar-refractivity contribution in [3.8, 4) is 0 Å². The lowest BCUT2D eigenvalue weighted by atomic mass is 9.93. The summed E-state index contributed by atoms with van der Waals surface area (Å²) in [6.45, 7) is 11.7. The second kappa shape index (κ2) is 13.3. The minimum Gasteiger partial charge on any atom is -0.444 e. The molecule has 1 unspecified atom stereocenters. The molecule has 0 radical (unpaired) electrons. The summed E-state index contributed by atoms with van der Waals surface area (Å²) in [7, 11) is 1.69. The standard InChI is InChI=1S/C22H41N5O3.HI/c1-6-24-20(26-13-10-17(11-14-26)15-19(28)23-5)25-16-18-9-7-8-12-27(18)21(29)30-22(2,3)4;/h17-18H,6-16H2,1-5H3,(H,23,28)(H,24,25);1H. The van der Waals surface area contributed by atoms with Crippen molar-refractivity contribution in [1.29, 1.82) is 0 Å². The highest BCUT2D eigenvalue weighted by Crippen LogP contribution is 2.22. The maximum Gasteiger partial charge on any atom is 0.410 e. The van der Waals surface area contributed by atoms with Crippen molar-refractivity contribution >= 4 is 41.9 Å². The third-order valence-corrected chi connectivity index (χ3v) is 5.71. The van der Waals surface area contributed by atoms with Gasteiger partial charge in [0.05, 0.1) is 12.6 Å². The summed E-state index contributed by atoms with van der Waals surface area (Å²) in [5.41, 5.74) is -0.490. The van der Waals surface area contributed by atoms with Crippen molar-refractivity contribution in [2.45, 2.75) is 77.9 Å². The minimum atomic E-state index is -0.490. The molecule has 2 amide bonds. The van der Waals surface area contributed by atoms with Crippen LogP contribution in [0.4, 0.5) is 4.79 Å². The van der Waals surface area contributed by atoms with E-state index < -0.39 is 5.60 Å². The number of guanidine groups is 1. The molecule has 2 heterocycles. The van der Waals surface area contributed by atoms with Crippen LogP contribution in [0.25, 0.3) is 0 Å². The van der Waals surface area contributed by atoms with Gasteiger partial charge in [-0.15, -0.1) is 24.0 Å². The van der Waals surface area contributed by atoms with Crippen LogP contribution in [0.15, 0.2) is 4.99 Å². The number of hydrogen-bond donors (Lipinski definition) is 2. The Morgan fingerprint density at radius 2 is 1.77 bits per heavy atom. The topological polar surface area (TPSA) is 86.3 Å². The van der Waals surface area contributed by atoms with Gasteiger partial charge in [0.25, 0.3) is 0 Å². The molecule has 2 aliphatic heterocycles. The van der Waals surface area contributed by atoms with Gasteiger partial charge in [-0.05, 0) is 65.7 Å². The lowest BCUT2D eigenvalue weighted by molar-refractivity contribution is -0.121. The van der Waals surface area contributed by atoms with Gasteiger partial charge in [-0.3, -0.25) is 9.79 Å². The van der Waals surface area contributed by atoms with Crippen LogP contribution in [0.1, 0.15) is 66.2 Å². The van der Waals surface area contributed by atoms with E-state index in [0.717, 1.165) is 64.2 Å². The van der Waals surface area contributed by atoms with Crippen LogP contribution in [-0.2, 0) is 9.53 Å². The summed E-state index contributed by atoms with van der Waals surface area (Å²) >= 11 is 0. The van der Waals surface area contributed by atoms with Gasteiger partial charge in [0.15, 0.2) is 5.96 Å². The second-order valence-corrected chi connectivity index (χ2v) is 9.33. The number of aliphatic imine (C=N–C) groups is 1. The molecule has 0 saturated carbocycles. The molecule has 2 N–H and O–H groups in total. The number of nitrogens with zero attached hydrogens (tertiary/aromatic N) is 3. The van der Waals surface area contributed by atoms with E-state index in [0.29, 0.717) is 18.9 Å². The van der Waals surface area contributed by atoms with Crippen LogP contribution in [0.5, 0.6) is 0 Å². The molecular weight excluding hydrogens is 509 g/mol. The van der Waals surface area contributed by atoms with E-state index in [-0.39, 0.29) is 42.0 Å². The number of ether oxygens (including phenoxy) is 1. The predicted octanol–water partition coefficient (Wildman–Crippen LogP) is 3.21. The zero-order valence-electron chi connectivity index (χ0n) is 19.9. The highest BCUT2D eigenvalue weighted by atomic mass is 127. The smallest absolute Gasteiger partial charge is 0.410 e. The van der Waals surface area contributed by atoms with Crippen molar-refractivity contribution in [2.75, 3.05) is 39.8 Å². The van der Waals surface area contributed by atoms with Gasteiger partial charge in [0, 0.05) is 39.6 Å². The quantitative estimate of drug-likeness (QED) is 0.312. The molecule has 0 aliphatic carbocycles. The number of rotatable bonds is 5. The van der Waals surface area contributed by atoms with Gasteiger partial charge in [-0.1, -0.05) is 0 Å². The summed E-state index contributed by atoms with van der Waals surface area (Å²) in [4.78, 5) is 33.3. The Morgan fingerprint density at radius 3 is 2.35 bits per heavy atom. The Labute approximate surface area is 204 Å². The molecule has 2 aliphatic rings. The van der Waals surface area contributed by atoms with Gasteiger partial charge in [0.1, 0.15) is 5.60 Å². The molecular formula is C22H42IN5O3. The predicted molar refractivity (Wildman–Crippen MR) is 135 cm³/mol. The number of halogens is 1. The van der Waals surface area contributed by atoms with Crippen molar-refractivity contribution in [3.05, 3.63) is 0 Å². The fraction of sp³-hybridized carbons (Fsp3) is 0.864. The summed E-state index contributed by atoms with van der Waals surface area (Å²) in [6, 6.07) is 0.0769. The van der Waals surface area contributed by atoms with Crippen molar-refractivity contribution in [3.63, 3.8) is 0 Å². The number of nitrogens with one attached hydrogen (secondary N) is 2. The number of amides is 2. The second-order valence-electron chi connectivity index (χ2n) is 9.33. The Hall–Kier alpha value is -1.26. The summed E-state index contributed by atoms with van der Waals surface area (Å²) in [5, 5.41) is 6.12. The molecule has 2 saturated heterocycles. The van der Waals surface area contributed by atoms with E-state index in [9.17, 15) is 9.59 Å². The molecule has 8 nitrogen and oxygen atoms in total. The largest absolute Gasteiger partial charge is 0.444 e. The lowest BCUT2D eigenvalue weighted by Gasteiger charge is -2.37. The average Bonchev–Trinajstić information content (AvgIpc) is 2.70. The molecule has 180 valence electrons. The number of carbonyl (C=O) groups is 2. The first-order valence-corrected chi connectivity index (χ1v) is 11.5. The van der Waals surface area contributed by atoms with Crippen LogP contribution in [-0.4, -0.2) is 79.2 Å². The molecule has 0 bridgehead atoms. The monoisotopic (exact) mass is 551 g/mol. The van der Waals surface area contributed by atoms with Crippen LogP contribution in [0.2, 0.25) is 0 Å². The first kappa shape index (κ1) is 27.8. The fourth-order valence-electron chi connectivity index (χ4n) is 4.08. The maximum absolute atomic E-state index is 12.6. The Bertz CT molecular complexity index is 600. The molecule has 2 rings (SSSR count). The number of piperidine rings is 2. The third kappa shape index (κ3) is 9.41. The zero-order chi connectivity index (χ0) is 22.1. The Kier molecular flexibility index (Phi) is 11.9. The van der Waals surface area contributed by atoms with Crippen molar-refractivity contribution in [2.24, 2.45) is 10.9 Å². The third-order valence-electron chi connectivity index (χ3n) is 5.71. The number of likely N-dealkylation sites (tertiary alicyclic amines) is 2. The Balaban J connectivity index is 0.00000480. The Morgan fingerprint density at radius 1 is 1.10 bits per heavy atom. The first-order chi connectivity index (χ1) is 14.2. The van der Waals surface area contributed by atoms with E-state index in [1.807, 2.05) is 25.7 Å². The van der Waals surface area contributed by atoms with Gasteiger partial charge in [0.2, 0.25) is 5.91 Å². The molecule has 9 heteroatoms. The van der Waals surface area contributed by atoms with Crippen LogP contribution in [0.3, 0.4) is 0 Å². The molecule has 2 fully saturated rings. The summed E-state index contributed by atoms with van der Waals surface area (Å²) < 4.78 is 5.61. The highest BCUT2D eigenvalue weighted by Gasteiger charge is 2.31. The lowest BCUT2D eigenvalue weighted by Crippen LogP contribution is -2.49. The number of carbonyl (C=O) groups excluding carboxylic acids is 2. The SMILES string of the molecule is CCNC(=NCC1CCCCN1C(=O)OC(C)(C)C)N1CCC(CC(=O)NC)CC1.I. The first-order valence-electron chi connectivity index (χ1n) is 11.5. The van der Waals surface area contributed by atoms with E-state index in [2.05, 4.69) is 22.5 Å². The molecule has 31 heavy (non-hydrogen) atoms. The van der Waals surface area contributed by atoms with E-state index in [4.69, 9.17) is 9.73 Å². The molecule has 0 aromatic heterocycles. The van der Waals surface area contributed by atoms with Gasteiger partial charge < -0.3 is 25.2 Å². The average molecular weight is 552 g/mol. The van der Waals surface area contributed by atoms with E-state index >= 15 is 0 Å². The van der Waals surface area contributed by atoms with Crippen LogP contribution in [0, 0.1) is 5.92 Å². The van der Waals surface area contributed by atoms with E-state index in [1.54, 1.807) is 7.05 Å². The summed E-state index contributed by atoms with van der Waals surface area (Å²) in [5.74, 6) is 1.46. The molecule has 0 spiro atoms. The fourth-order valence-corrected chi connectivity index (χ4v) is 4.08. The molecule has 0 aromatic carbocycles. The van der Waals surface area contributed by atoms with Gasteiger partial charge >= 0.3 is 6.09 Å². The normalized spacial score (nSPS) is 20.7. The maximum atomic E-state index is 12.6. The van der Waals surface area contributed by atoms with Crippen molar-refractivity contribution in [1.82, 2.24) is 20.4 Å². The van der Waals surface area contributed by atoms with Crippen LogP contribution >= 0.6 is 24.0 Å². The van der Waals surface area contributed by atoms with Crippen LogP contribution < -0.4 is 10.6 Å². The van der Waals surface area contributed by atoms with Gasteiger partial charge in [-0.2, -0.15) is 0 Å². The van der Waals surface area contributed by atoms with E-state index in [1.165, 1.54) is 0 Å². The summed E-state index contributed by atoms with van der Waals surface area (Å²) in [6.07, 6.45) is 5.43. The highest BCUT2D eigenvalue weighted by molar-refractivity contribution is 14.0. The van der Waals surface area contributed by atoms with Gasteiger partial charge in [-0.25, -0.2) is 4.79 Å². The molecule has 1 atom stereocenters. The number of hydrogen-bond acceptors (Lipinski definition) is 4. The van der Waals surface area contributed by atoms with Crippen molar-refractivity contribution < 1.29 is 14.3 Å². The minimum absolute atomic E-state index is 0. The molecule has 0 aromatic rings. The zero-order valence-corrected chi connectivity index (χ0v) is 22.2.